The first-order valence-corrected chi connectivity index (χ1v) is 5.63. The Kier molecular flexibility index (Phi) is 3.70. The van der Waals surface area contributed by atoms with Gasteiger partial charge in [0.25, 0.3) is 0 Å². The molecule has 1 atom stereocenters. The summed E-state index contributed by atoms with van der Waals surface area (Å²) in [5, 5.41) is 11.6. The largest absolute Gasteiger partial charge is 0.480 e. The number of benzene rings is 1. The molecule has 0 fully saturated rings. The standard InChI is InChI=1S/C13H12FN3O2/c1-8(13(18)19)17-12-6-11(15-7-16-12)9-2-4-10(14)5-3-9/h2-8H,1H3,(H,18,19)(H,15,16,17)/t8-/m1/s1. The van der Waals surface area contributed by atoms with Crippen LogP contribution in [0.4, 0.5) is 10.2 Å². The van der Waals surface area contributed by atoms with Crippen LogP contribution in [0.3, 0.4) is 0 Å². The van der Waals surface area contributed by atoms with Crippen LogP contribution in [-0.2, 0) is 4.79 Å². The zero-order valence-corrected chi connectivity index (χ0v) is 10.2. The molecule has 1 aromatic carbocycles. The number of aliphatic carboxylic acids is 1. The molecule has 2 N–H and O–H groups in total. The number of carboxylic acid groups (broad SMARTS) is 1. The Morgan fingerprint density at radius 2 is 2.00 bits per heavy atom. The molecule has 19 heavy (non-hydrogen) atoms. The molecule has 2 rings (SSSR count). The molecule has 98 valence electrons. The van der Waals surface area contributed by atoms with E-state index in [1.54, 1.807) is 18.2 Å². The maximum atomic E-state index is 12.8. The summed E-state index contributed by atoms with van der Waals surface area (Å²) in [6.07, 6.45) is 1.33. The first kappa shape index (κ1) is 12.9. The van der Waals surface area contributed by atoms with Crippen LogP contribution < -0.4 is 5.32 Å². The predicted octanol–water partition coefficient (Wildman–Crippen LogP) is 2.17. The quantitative estimate of drug-likeness (QED) is 0.882. The lowest BCUT2D eigenvalue weighted by molar-refractivity contribution is -0.137. The van der Waals surface area contributed by atoms with Gasteiger partial charge in [0.15, 0.2) is 0 Å². The van der Waals surface area contributed by atoms with Crippen molar-refractivity contribution in [3.8, 4) is 11.3 Å². The Bertz CT molecular complexity index is 587. The second-order valence-corrected chi connectivity index (χ2v) is 4.00. The SMILES string of the molecule is C[C@@H](Nc1cc(-c2ccc(F)cc2)ncn1)C(=O)O. The van der Waals surface area contributed by atoms with Crippen molar-refractivity contribution in [1.29, 1.82) is 0 Å². The average Bonchev–Trinajstić information content (AvgIpc) is 2.39. The first-order chi connectivity index (χ1) is 9.06. The maximum absolute atomic E-state index is 12.8. The molecule has 1 aromatic heterocycles. The van der Waals surface area contributed by atoms with Crippen LogP contribution >= 0.6 is 0 Å². The third-order valence-electron chi connectivity index (χ3n) is 2.54. The minimum absolute atomic E-state index is 0.323. The lowest BCUT2D eigenvalue weighted by atomic mass is 10.1. The minimum atomic E-state index is -0.970. The van der Waals surface area contributed by atoms with Gasteiger partial charge in [-0.05, 0) is 31.2 Å². The molecule has 2 aromatic rings. The van der Waals surface area contributed by atoms with E-state index in [1.165, 1.54) is 25.4 Å². The number of rotatable bonds is 4. The molecule has 0 aliphatic carbocycles. The molecule has 0 radical (unpaired) electrons. The van der Waals surface area contributed by atoms with Crippen LogP contribution in [0.5, 0.6) is 0 Å². The molecular weight excluding hydrogens is 249 g/mol. The van der Waals surface area contributed by atoms with Gasteiger partial charge in [-0.2, -0.15) is 0 Å². The van der Waals surface area contributed by atoms with Crippen LogP contribution in [0.1, 0.15) is 6.92 Å². The molecule has 1 heterocycles. The summed E-state index contributed by atoms with van der Waals surface area (Å²) in [6.45, 7) is 1.52. The third kappa shape index (κ3) is 3.25. The van der Waals surface area contributed by atoms with Crippen molar-refractivity contribution < 1.29 is 14.3 Å². The fourth-order valence-corrected chi connectivity index (χ4v) is 1.50. The topological polar surface area (TPSA) is 75.1 Å². The van der Waals surface area contributed by atoms with Crippen molar-refractivity contribution >= 4 is 11.8 Å². The number of hydrogen-bond acceptors (Lipinski definition) is 4. The van der Waals surface area contributed by atoms with Crippen molar-refractivity contribution in [2.24, 2.45) is 0 Å². The highest BCUT2D eigenvalue weighted by atomic mass is 19.1. The van der Waals surface area contributed by atoms with Gasteiger partial charge in [0.2, 0.25) is 0 Å². The Balaban J connectivity index is 2.24. The van der Waals surface area contributed by atoms with Crippen molar-refractivity contribution in [2.45, 2.75) is 13.0 Å². The summed E-state index contributed by atoms with van der Waals surface area (Å²) in [6, 6.07) is 6.74. The minimum Gasteiger partial charge on any atom is -0.480 e. The lowest BCUT2D eigenvalue weighted by Gasteiger charge is -2.10. The van der Waals surface area contributed by atoms with Crippen molar-refractivity contribution in [1.82, 2.24) is 9.97 Å². The number of halogens is 1. The zero-order valence-electron chi connectivity index (χ0n) is 10.2. The van der Waals surface area contributed by atoms with Gasteiger partial charge in [-0.25, -0.2) is 14.4 Å². The molecule has 0 aliphatic rings. The fourth-order valence-electron chi connectivity index (χ4n) is 1.50. The van der Waals surface area contributed by atoms with Gasteiger partial charge in [0.1, 0.15) is 24.0 Å². The van der Waals surface area contributed by atoms with E-state index in [0.29, 0.717) is 11.5 Å². The Labute approximate surface area is 109 Å². The highest BCUT2D eigenvalue weighted by Gasteiger charge is 2.11. The second-order valence-electron chi connectivity index (χ2n) is 4.00. The third-order valence-corrected chi connectivity index (χ3v) is 2.54. The van der Waals surface area contributed by atoms with Gasteiger partial charge >= 0.3 is 5.97 Å². The van der Waals surface area contributed by atoms with E-state index in [4.69, 9.17) is 5.11 Å². The number of anilines is 1. The molecule has 0 bridgehead atoms. The maximum Gasteiger partial charge on any atom is 0.325 e. The highest BCUT2D eigenvalue weighted by Crippen LogP contribution is 2.19. The summed E-state index contributed by atoms with van der Waals surface area (Å²) in [5.41, 5.74) is 1.32. The molecule has 5 nitrogen and oxygen atoms in total. The van der Waals surface area contributed by atoms with E-state index in [-0.39, 0.29) is 5.82 Å². The number of aromatic nitrogens is 2. The highest BCUT2D eigenvalue weighted by molar-refractivity contribution is 5.76. The summed E-state index contributed by atoms with van der Waals surface area (Å²) < 4.78 is 12.8. The van der Waals surface area contributed by atoms with E-state index in [2.05, 4.69) is 15.3 Å². The molecular formula is C13H12FN3O2. The van der Waals surface area contributed by atoms with E-state index in [0.717, 1.165) is 5.56 Å². The predicted molar refractivity (Wildman–Crippen MR) is 68.1 cm³/mol. The van der Waals surface area contributed by atoms with E-state index in [9.17, 15) is 9.18 Å². The zero-order chi connectivity index (χ0) is 13.8. The van der Waals surface area contributed by atoms with E-state index < -0.39 is 12.0 Å². The lowest BCUT2D eigenvalue weighted by Crippen LogP contribution is -2.25. The smallest absolute Gasteiger partial charge is 0.325 e. The van der Waals surface area contributed by atoms with Crippen molar-refractivity contribution in [2.75, 3.05) is 5.32 Å². The summed E-state index contributed by atoms with van der Waals surface area (Å²) in [4.78, 5) is 18.8. The van der Waals surface area contributed by atoms with E-state index in [1.807, 2.05) is 0 Å². The number of hydrogen-bond donors (Lipinski definition) is 2. The average molecular weight is 261 g/mol. The molecule has 6 heteroatoms. The molecule has 0 amide bonds. The number of nitrogens with one attached hydrogen (secondary N) is 1. The van der Waals surface area contributed by atoms with E-state index >= 15 is 0 Å². The number of carbonyl (C=O) groups is 1. The second kappa shape index (κ2) is 5.43. The van der Waals surface area contributed by atoms with Gasteiger partial charge < -0.3 is 10.4 Å². The van der Waals surface area contributed by atoms with Crippen LogP contribution in [0, 0.1) is 5.82 Å². The van der Waals surface area contributed by atoms with Crippen LogP contribution in [0.25, 0.3) is 11.3 Å². The van der Waals surface area contributed by atoms with Crippen molar-refractivity contribution in [3.63, 3.8) is 0 Å². The van der Waals surface area contributed by atoms with Crippen LogP contribution in [0.2, 0.25) is 0 Å². The first-order valence-electron chi connectivity index (χ1n) is 5.63. The molecule has 0 saturated carbocycles. The normalized spacial score (nSPS) is 11.9. The van der Waals surface area contributed by atoms with Crippen molar-refractivity contribution in [3.05, 3.63) is 42.5 Å². The summed E-state index contributed by atoms with van der Waals surface area (Å²) in [7, 11) is 0. The van der Waals surface area contributed by atoms with Gasteiger partial charge in [-0.1, -0.05) is 0 Å². The fraction of sp³-hybridized carbons (Fsp3) is 0.154. The number of nitrogens with zero attached hydrogens (tertiary/aromatic N) is 2. The summed E-state index contributed by atoms with van der Waals surface area (Å²) in [5.74, 6) is -0.887. The van der Waals surface area contributed by atoms with Gasteiger partial charge in [-0.3, -0.25) is 4.79 Å². The molecule has 0 unspecified atom stereocenters. The van der Waals surface area contributed by atoms with Gasteiger partial charge in [0, 0.05) is 11.6 Å². The summed E-state index contributed by atoms with van der Waals surface area (Å²) >= 11 is 0. The monoisotopic (exact) mass is 261 g/mol. The Hall–Kier alpha value is -2.50. The molecule has 0 spiro atoms. The Morgan fingerprint density at radius 3 is 2.63 bits per heavy atom. The number of carboxylic acids is 1. The Morgan fingerprint density at radius 1 is 1.32 bits per heavy atom. The molecule has 0 aliphatic heterocycles. The molecule has 0 saturated heterocycles. The van der Waals surface area contributed by atoms with Gasteiger partial charge in [0.05, 0.1) is 5.69 Å². The van der Waals surface area contributed by atoms with Gasteiger partial charge in [-0.15, -0.1) is 0 Å². The van der Waals surface area contributed by atoms with Crippen LogP contribution in [-0.4, -0.2) is 27.1 Å². The van der Waals surface area contributed by atoms with Crippen LogP contribution in [0.15, 0.2) is 36.7 Å².